The lowest BCUT2D eigenvalue weighted by atomic mass is 10.3. The molecule has 1 fully saturated rings. The molecule has 0 aliphatic heterocycles. The highest BCUT2D eigenvalue weighted by molar-refractivity contribution is 8.93. The minimum Gasteiger partial charge on any atom is -0.477 e. The molecule has 0 amide bonds. The van der Waals surface area contributed by atoms with Crippen molar-refractivity contribution < 1.29 is 4.74 Å². The molecule has 1 heterocycles. The van der Waals surface area contributed by atoms with Crippen LogP contribution in [0.5, 0.6) is 5.88 Å². The first-order valence-electron chi connectivity index (χ1n) is 6.28. The fourth-order valence-corrected chi connectivity index (χ4v) is 1.55. The minimum atomic E-state index is 0. The Labute approximate surface area is 124 Å². The molecule has 19 heavy (non-hydrogen) atoms. The van der Waals surface area contributed by atoms with Gasteiger partial charge < -0.3 is 15.4 Å². The van der Waals surface area contributed by atoms with E-state index in [9.17, 15) is 0 Å². The summed E-state index contributed by atoms with van der Waals surface area (Å²) in [5, 5.41) is 6.14. The van der Waals surface area contributed by atoms with Crippen LogP contribution in [0.3, 0.4) is 0 Å². The van der Waals surface area contributed by atoms with Crippen molar-refractivity contribution >= 4 is 22.9 Å². The number of nitrogens with zero attached hydrogens (tertiary/aromatic N) is 2. The van der Waals surface area contributed by atoms with E-state index in [4.69, 9.17) is 4.74 Å². The number of halogens is 1. The topological polar surface area (TPSA) is 58.5 Å². The van der Waals surface area contributed by atoms with E-state index in [2.05, 4.69) is 20.6 Å². The van der Waals surface area contributed by atoms with Crippen molar-refractivity contribution in [2.24, 2.45) is 10.9 Å². The molecule has 6 heteroatoms. The Hall–Kier alpha value is -1.30. The third-order valence-electron chi connectivity index (χ3n) is 2.88. The molecule has 0 unspecified atom stereocenters. The van der Waals surface area contributed by atoms with Gasteiger partial charge in [-0.25, -0.2) is 4.98 Å². The van der Waals surface area contributed by atoms with Crippen LogP contribution < -0.4 is 15.4 Å². The molecule has 1 aliphatic rings. The highest BCUT2D eigenvalue weighted by atomic mass is 79.9. The molecule has 0 saturated heterocycles. The molecule has 1 aromatic heterocycles. The van der Waals surface area contributed by atoms with Gasteiger partial charge in [0, 0.05) is 32.9 Å². The first-order valence-corrected chi connectivity index (χ1v) is 6.28. The molecule has 1 aliphatic carbocycles. The average Bonchev–Trinajstić information content (AvgIpc) is 3.23. The van der Waals surface area contributed by atoms with Crippen LogP contribution in [0.1, 0.15) is 18.4 Å². The SMILES string of the molecule is Br.CN=C(NC)NCc1ccc(OCC2CC2)nc1. The Balaban J connectivity index is 0.00000180. The van der Waals surface area contributed by atoms with Gasteiger partial charge in [0.05, 0.1) is 6.61 Å². The Kier molecular flexibility index (Phi) is 6.62. The Morgan fingerprint density at radius 3 is 2.79 bits per heavy atom. The smallest absolute Gasteiger partial charge is 0.213 e. The lowest BCUT2D eigenvalue weighted by Crippen LogP contribution is -2.34. The van der Waals surface area contributed by atoms with Crippen LogP contribution >= 0.6 is 17.0 Å². The molecule has 2 rings (SSSR count). The van der Waals surface area contributed by atoms with E-state index >= 15 is 0 Å². The second-order valence-corrected chi connectivity index (χ2v) is 4.43. The van der Waals surface area contributed by atoms with Crippen molar-refractivity contribution in [2.75, 3.05) is 20.7 Å². The summed E-state index contributed by atoms with van der Waals surface area (Å²) in [7, 11) is 3.58. The van der Waals surface area contributed by atoms with Crippen molar-refractivity contribution in [3.05, 3.63) is 23.9 Å². The summed E-state index contributed by atoms with van der Waals surface area (Å²) < 4.78 is 5.59. The molecule has 1 aromatic rings. The molecule has 2 N–H and O–H groups in total. The van der Waals surface area contributed by atoms with Gasteiger partial charge in [-0.15, -0.1) is 17.0 Å². The van der Waals surface area contributed by atoms with Gasteiger partial charge in [0.1, 0.15) is 0 Å². The van der Waals surface area contributed by atoms with E-state index in [1.165, 1.54) is 12.8 Å². The summed E-state index contributed by atoms with van der Waals surface area (Å²) in [6.07, 6.45) is 4.43. The third kappa shape index (κ3) is 5.46. The first kappa shape index (κ1) is 15.8. The van der Waals surface area contributed by atoms with Gasteiger partial charge in [-0.3, -0.25) is 4.99 Å². The maximum Gasteiger partial charge on any atom is 0.213 e. The van der Waals surface area contributed by atoms with E-state index in [0.717, 1.165) is 24.0 Å². The van der Waals surface area contributed by atoms with Crippen molar-refractivity contribution in [1.29, 1.82) is 0 Å². The van der Waals surface area contributed by atoms with Crippen LogP contribution in [0.25, 0.3) is 0 Å². The Morgan fingerprint density at radius 1 is 1.47 bits per heavy atom. The molecule has 0 aromatic carbocycles. The quantitative estimate of drug-likeness (QED) is 0.638. The zero-order valence-corrected chi connectivity index (χ0v) is 13.1. The van der Waals surface area contributed by atoms with Crippen LogP contribution in [0, 0.1) is 5.92 Å². The Bertz CT molecular complexity index is 404. The lowest BCUT2D eigenvalue weighted by Gasteiger charge is -2.09. The van der Waals surface area contributed by atoms with Gasteiger partial charge in [0.15, 0.2) is 5.96 Å². The van der Waals surface area contributed by atoms with E-state index in [1.807, 2.05) is 25.4 Å². The monoisotopic (exact) mass is 328 g/mol. The number of pyridine rings is 1. The molecule has 0 atom stereocenters. The van der Waals surface area contributed by atoms with Gasteiger partial charge in [-0.2, -0.15) is 0 Å². The summed E-state index contributed by atoms with van der Waals surface area (Å²) in [5.41, 5.74) is 1.10. The summed E-state index contributed by atoms with van der Waals surface area (Å²) in [6.45, 7) is 1.50. The Morgan fingerprint density at radius 2 is 2.26 bits per heavy atom. The fraction of sp³-hybridized carbons (Fsp3) is 0.538. The highest BCUT2D eigenvalue weighted by Crippen LogP contribution is 2.29. The minimum absolute atomic E-state index is 0. The zero-order valence-electron chi connectivity index (χ0n) is 11.3. The summed E-state index contributed by atoms with van der Waals surface area (Å²) in [5.74, 6) is 2.24. The second kappa shape index (κ2) is 7.99. The number of rotatable bonds is 5. The zero-order chi connectivity index (χ0) is 12.8. The number of ether oxygens (including phenoxy) is 1. The first-order chi connectivity index (χ1) is 8.81. The van der Waals surface area contributed by atoms with Crippen LogP contribution in [0.2, 0.25) is 0 Å². The van der Waals surface area contributed by atoms with E-state index in [1.54, 1.807) is 7.05 Å². The molecule has 106 valence electrons. The van der Waals surface area contributed by atoms with Crippen LogP contribution in [-0.2, 0) is 6.54 Å². The molecular weight excluding hydrogens is 308 g/mol. The molecule has 1 saturated carbocycles. The van der Waals surface area contributed by atoms with Gasteiger partial charge in [-0.1, -0.05) is 6.07 Å². The molecule has 0 radical (unpaired) electrons. The number of guanidine groups is 1. The van der Waals surface area contributed by atoms with Gasteiger partial charge >= 0.3 is 0 Å². The largest absolute Gasteiger partial charge is 0.477 e. The van der Waals surface area contributed by atoms with E-state index in [0.29, 0.717) is 12.4 Å². The predicted octanol–water partition coefficient (Wildman–Crippen LogP) is 1.74. The standard InChI is InChI=1S/C13H20N4O.BrH/c1-14-13(15-2)17-8-11-5-6-12(16-7-11)18-9-10-3-4-10;/h5-7,10H,3-4,8-9H2,1-2H3,(H2,14,15,17);1H. The lowest BCUT2D eigenvalue weighted by molar-refractivity contribution is 0.288. The van der Waals surface area contributed by atoms with E-state index in [-0.39, 0.29) is 17.0 Å². The average molecular weight is 329 g/mol. The maximum atomic E-state index is 5.59. The van der Waals surface area contributed by atoms with Crippen LogP contribution in [-0.4, -0.2) is 31.6 Å². The highest BCUT2D eigenvalue weighted by Gasteiger charge is 2.21. The number of nitrogens with one attached hydrogen (secondary N) is 2. The van der Waals surface area contributed by atoms with Crippen molar-refractivity contribution in [3.8, 4) is 5.88 Å². The van der Waals surface area contributed by atoms with E-state index < -0.39 is 0 Å². The predicted molar refractivity (Wildman–Crippen MR) is 82.0 cm³/mol. The summed E-state index contributed by atoms with van der Waals surface area (Å²) in [6, 6.07) is 3.94. The number of aromatic nitrogens is 1. The van der Waals surface area contributed by atoms with Crippen molar-refractivity contribution in [2.45, 2.75) is 19.4 Å². The van der Waals surface area contributed by atoms with Crippen molar-refractivity contribution in [3.63, 3.8) is 0 Å². The van der Waals surface area contributed by atoms with Crippen LogP contribution in [0.15, 0.2) is 23.3 Å². The van der Waals surface area contributed by atoms with Gasteiger partial charge in [0.25, 0.3) is 0 Å². The third-order valence-corrected chi connectivity index (χ3v) is 2.88. The van der Waals surface area contributed by atoms with Crippen LogP contribution in [0.4, 0.5) is 0 Å². The second-order valence-electron chi connectivity index (χ2n) is 4.43. The van der Waals surface area contributed by atoms with Crippen molar-refractivity contribution in [1.82, 2.24) is 15.6 Å². The summed E-state index contributed by atoms with van der Waals surface area (Å²) in [4.78, 5) is 8.33. The number of hydrogen-bond acceptors (Lipinski definition) is 3. The van der Waals surface area contributed by atoms with Gasteiger partial charge in [0.2, 0.25) is 5.88 Å². The van der Waals surface area contributed by atoms with Gasteiger partial charge in [-0.05, 0) is 24.3 Å². The molecule has 0 spiro atoms. The molecular formula is C13H21BrN4O. The molecule has 5 nitrogen and oxygen atoms in total. The molecule has 0 bridgehead atoms. The number of hydrogen-bond donors (Lipinski definition) is 2. The number of aliphatic imine (C=N–C) groups is 1. The maximum absolute atomic E-state index is 5.59. The summed E-state index contributed by atoms with van der Waals surface area (Å²) >= 11 is 0. The normalized spacial score (nSPS) is 14.5. The fourth-order valence-electron chi connectivity index (χ4n) is 1.55.